The molecule has 1 saturated heterocycles. The van der Waals surface area contributed by atoms with Gasteiger partial charge in [0.2, 0.25) is 0 Å². The molecular weight excluding hydrogens is 372 g/mol. The molecule has 0 radical (unpaired) electrons. The number of fused-ring (bicyclic) bond motifs is 1. The summed E-state index contributed by atoms with van der Waals surface area (Å²) in [7, 11) is 0. The minimum Gasteiger partial charge on any atom is -0.334 e. The van der Waals surface area contributed by atoms with Crippen LogP contribution in [0.3, 0.4) is 0 Å². The summed E-state index contributed by atoms with van der Waals surface area (Å²) < 4.78 is 1.99. The molecule has 1 fully saturated rings. The second-order valence-corrected chi connectivity index (χ2v) is 7.85. The van der Waals surface area contributed by atoms with Crippen LogP contribution < -0.4 is 5.32 Å². The van der Waals surface area contributed by atoms with E-state index in [1.54, 1.807) is 0 Å². The predicted molar refractivity (Wildman–Crippen MR) is 114 cm³/mol. The summed E-state index contributed by atoms with van der Waals surface area (Å²) in [6, 6.07) is 11.2. The van der Waals surface area contributed by atoms with Gasteiger partial charge in [0.15, 0.2) is 0 Å². The molecule has 152 valence electrons. The fraction of sp³-hybridized carbons (Fsp3) is 0.545. The third-order valence-corrected chi connectivity index (χ3v) is 5.96. The summed E-state index contributed by atoms with van der Waals surface area (Å²) in [6.45, 7) is 4.96. The van der Waals surface area contributed by atoms with Crippen molar-refractivity contribution in [3.63, 3.8) is 0 Å². The van der Waals surface area contributed by atoms with Gasteiger partial charge >= 0.3 is 0 Å². The maximum Gasteiger partial charge on any atom is 0.274 e. The molecule has 1 aromatic heterocycles. The molecule has 2 atom stereocenters. The zero-order valence-corrected chi connectivity index (χ0v) is 17.5. The van der Waals surface area contributed by atoms with Crippen LogP contribution in [0.5, 0.6) is 0 Å². The molecular formula is C22H31ClN4O. The summed E-state index contributed by atoms with van der Waals surface area (Å²) in [6.07, 6.45) is 8.28. The number of rotatable bonds is 5. The Morgan fingerprint density at radius 1 is 1.25 bits per heavy atom. The summed E-state index contributed by atoms with van der Waals surface area (Å²) in [5, 5.41) is 8.08. The number of carbonyl (C=O) groups excluding carboxylic acids is 1. The van der Waals surface area contributed by atoms with Crippen molar-refractivity contribution in [2.45, 2.75) is 57.5 Å². The highest BCUT2D eigenvalue weighted by molar-refractivity contribution is 5.92. The summed E-state index contributed by atoms with van der Waals surface area (Å²) in [4.78, 5) is 15.3. The smallest absolute Gasteiger partial charge is 0.274 e. The van der Waals surface area contributed by atoms with Gasteiger partial charge in [-0.15, -0.1) is 12.4 Å². The minimum absolute atomic E-state index is 0. The quantitative estimate of drug-likeness (QED) is 0.830. The Kier molecular flexibility index (Phi) is 7.13. The lowest BCUT2D eigenvalue weighted by atomic mass is 9.87. The summed E-state index contributed by atoms with van der Waals surface area (Å²) in [5.74, 6) is 0.0868. The van der Waals surface area contributed by atoms with Gasteiger partial charge in [-0.1, -0.05) is 31.2 Å². The molecule has 2 unspecified atom stereocenters. The first-order valence-electron chi connectivity index (χ1n) is 10.4. The second-order valence-electron chi connectivity index (χ2n) is 7.85. The molecule has 0 spiro atoms. The van der Waals surface area contributed by atoms with Gasteiger partial charge < -0.3 is 10.2 Å². The van der Waals surface area contributed by atoms with Gasteiger partial charge in [0.25, 0.3) is 5.91 Å². The molecule has 5 nitrogen and oxygen atoms in total. The van der Waals surface area contributed by atoms with E-state index in [0.717, 1.165) is 58.2 Å². The fourth-order valence-corrected chi connectivity index (χ4v) is 4.50. The number of aromatic nitrogens is 2. The average Bonchev–Trinajstić information content (AvgIpc) is 3.22. The minimum atomic E-state index is 0. The standard InChI is InChI=1S/C22H30N4O.ClH/c1-2-13-25(19-10-9-17-6-3-4-7-18(17)15-19)22(27)21-11-14-26(24-21)20-8-5-12-23-16-20;/h3-4,6-7,11,14,19-20,23H,2,5,8-10,12-13,15-16H2,1H3;1H. The molecule has 0 saturated carbocycles. The van der Waals surface area contributed by atoms with E-state index in [-0.39, 0.29) is 24.4 Å². The van der Waals surface area contributed by atoms with Crippen LogP contribution in [0.1, 0.15) is 60.3 Å². The van der Waals surface area contributed by atoms with Crippen molar-refractivity contribution in [1.29, 1.82) is 0 Å². The van der Waals surface area contributed by atoms with Crippen LogP contribution >= 0.6 is 12.4 Å². The molecule has 2 aliphatic rings. The van der Waals surface area contributed by atoms with Crippen molar-refractivity contribution < 1.29 is 4.79 Å². The number of nitrogens with one attached hydrogen (secondary N) is 1. The zero-order valence-electron chi connectivity index (χ0n) is 16.6. The largest absolute Gasteiger partial charge is 0.334 e. The third kappa shape index (κ3) is 4.41. The van der Waals surface area contributed by atoms with E-state index < -0.39 is 0 Å². The first-order chi connectivity index (χ1) is 13.3. The highest BCUT2D eigenvalue weighted by Gasteiger charge is 2.29. The third-order valence-electron chi connectivity index (χ3n) is 5.96. The van der Waals surface area contributed by atoms with Gasteiger partial charge in [-0.2, -0.15) is 5.10 Å². The molecule has 2 heterocycles. The first kappa shape index (κ1) is 20.9. The predicted octanol–water partition coefficient (Wildman–Crippen LogP) is 3.64. The van der Waals surface area contributed by atoms with Crippen molar-refractivity contribution in [2.75, 3.05) is 19.6 Å². The van der Waals surface area contributed by atoms with Crippen LogP contribution in [-0.4, -0.2) is 46.3 Å². The number of carbonyl (C=O) groups is 1. The summed E-state index contributed by atoms with van der Waals surface area (Å²) in [5.41, 5.74) is 3.42. The molecule has 4 rings (SSSR count). The number of aryl methyl sites for hydroxylation is 1. The lowest BCUT2D eigenvalue weighted by Gasteiger charge is -2.35. The molecule has 2 aromatic rings. The van der Waals surface area contributed by atoms with Crippen LogP contribution in [0.25, 0.3) is 0 Å². The number of piperidine rings is 1. The number of amides is 1. The molecule has 6 heteroatoms. The Morgan fingerprint density at radius 3 is 2.82 bits per heavy atom. The molecule has 1 aromatic carbocycles. The van der Waals surface area contributed by atoms with Crippen LogP contribution in [-0.2, 0) is 12.8 Å². The van der Waals surface area contributed by atoms with Gasteiger partial charge in [-0.05, 0) is 62.3 Å². The van der Waals surface area contributed by atoms with E-state index in [4.69, 9.17) is 0 Å². The maximum absolute atomic E-state index is 13.3. The Bertz CT molecular complexity index is 784. The lowest BCUT2D eigenvalue weighted by molar-refractivity contribution is 0.0654. The van der Waals surface area contributed by atoms with Gasteiger partial charge in [0.1, 0.15) is 5.69 Å². The topological polar surface area (TPSA) is 50.2 Å². The van der Waals surface area contributed by atoms with E-state index in [2.05, 4.69) is 46.5 Å². The Balaban J connectivity index is 0.00000225. The van der Waals surface area contributed by atoms with Crippen molar-refractivity contribution in [1.82, 2.24) is 20.0 Å². The van der Waals surface area contributed by atoms with E-state index in [1.807, 2.05) is 16.9 Å². The molecule has 0 bridgehead atoms. The average molecular weight is 403 g/mol. The SMILES string of the molecule is CCCN(C(=O)c1ccn(C2CCCNC2)n1)C1CCc2ccccc2C1.Cl. The van der Waals surface area contributed by atoms with Crippen LogP contribution in [0.15, 0.2) is 36.5 Å². The summed E-state index contributed by atoms with van der Waals surface area (Å²) >= 11 is 0. The van der Waals surface area contributed by atoms with Crippen molar-refractivity contribution in [2.24, 2.45) is 0 Å². The zero-order chi connectivity index (χ0) is 18.6. The number of hydrogen-bond donors (Lipinski definition) is 1. The monoisotopic (exact) mass is 402 g/mol. The fourth-order valence-electron chi connectivity index (χ4n) is 4.50. The van der Waals surface area contributed by atoms with E-state index >= 15 is 0 Å². The van der Waals surface area contributed by atoms with Crippen molar-refractivity contribution in [3.05, 3.63) is 53.3 Å². The molecule has 1 aliphatic heterocycles. The number of benzene rings is 1. The second kappa shape index (κ2) is 9.57. The van der Waals surface area contributed by atoms with E-state index in [1.165, 1.54) is 11.1 Å². The Hall–Kier alpha value is -1.85. The van der Waals surface area contributed by atoms with Crippen LogP contribution in [0, 0.1) is 0 Å². The highest BCUT2D eigenvalue weighted by Crippen LogP contribution is 2.26. The number of nitrogens with zero attached hydrogens (tertiary/aromatic N) is 3. The van der Waals surface area contributed by atoms with Gasteiger partial charge in [-0.3, -0.25) is 9.48 Å². The van der Waals surface area contributed by atoms with Gasteiger partial charge in [0, 0.05) is 25.3 Å². The van der Waals surface area contributed by atoms with E-state index in [9.17, 15) is 4.79 Å². The number of hydrogen-bond acceptors (Lipinski definition) is 3. The molecule has 1 N–H and O–H groups in total. The number of halogens is 1. The van der Waals surface area contributed by atoms with Crippen molar-refractivity contribution in [3.8, 4) is 0 Å². The molecule has 1 aliphatic carbocycles. The Morgan fingerprint density at radius 2 is 2.07 bits per heavy atom. The normalized spacial score (nSPS) is 21.5. The van der Waals surface area contributed by atoms with Gasteiger partial charge in [0.05, 0.1) is 6.04 Å². The van der Waals surface area contributed by atoms with Crippen LogP contribution in [0.4, 0.5) is 0 Å². The molecule has 1 amide bonds. The van der Waals surface area contributed by atoms with E-state index in [0.29, 0.717) is 11.7 Å². The first-order valence-corrected chi connectivity index (χ1v) is 10.4. The van der Waals surface area contributed by atoms with Gasteiger partial charge in [-0.25, -0.2) is 0 Å². The highest BCUT2D eigenvalue weighted by atomic mass is 35.5. The Labute approximate surface area is 173 Å². The molecule has 28 heavy (non-hydrogen) atoms. The van der Waals surface area contributed by atoms with Crippen molar-refractivity contribution >= 4 is 18.3 Å². The van der Waals surface area contributed by atoms with Crippen LogP contribution in [0.2, 0.25) is 0 Å². The lowest BCUT2D eigenvalue weighted by Crippen LogP contribution is -2.44. The maximum atomic E-state index is 13.3.